The summed E-state index contributed by atoms with van der Waals surface area (Å²) < 4.78 is 5.05. The molecule has 28 heavy (non-hydrogen) atoms. The first-order valence-electron chi connectivity index (χ1n) is 9.31. The first-order valence-corrected chi connectivity index (χ1v) is 9.31. The highest BCUT2D eigenvalue weighted by molar-refractivity contribution is 6.04. The van der Waals surface area contributed by atoms with Gasteiger partial charge in [0.15, 0.2) is 5.65 Å². The maximum atomic E-state index is 12.5. The van der Waals surface area contributed by atoms with E-state index in [-0.39, 0.29) is 17.9 Å². The molecule has 2 aromatic heterocycles. The van der Waals surface area contributed by atoms with Crippen molar-refractivity contribution in [3.05, 3.63) is 30.6 Å². The summed E-state index contributed by atoms with van der Waals surface area (Å²) in [6.45, 7) is 7.95. The molecule has 9 nitrogen and oxygen atoms in total. The number of fused-ring (bicyclic) bond motifs is 1. The number of carbonyl (C=O) groups is 2. The molecule has 1 aliphatic rings. The van der Waals surface area contributed by atoms with Crippen LogP contribution in [0.2, 0.25) is 0 Å². The first kappa shape index (κ1) is 19.8. The van der Waals surface area contributed by atoms with Crippen molar-refractivity contribution in [2.24, 2.45) is 5.92 Å². The van der Waals surface area contributed by atoms with Crippen LogP contribution in [-0.4, -0.2) is 71.1 Å². The quantitative estimate of drug-likeness (QED) is 0.587. The molecule has 9 heteroatoms. The van der Waals surface area contributed by atoms with E-state index in [0.29, 0.717) is 48.2 Å². The van der Waals surface area contributed by atoms with Gasteiger partial charge in [-0.05, 0) is 25.3 Å². The number of rotatable bonds is 8. The third-order valence-corrected chi connectivity index (χ3v) is 4.76. The Morgan fingerprint density at radius 2 is 2.36 bits per heavy atom. The van der Waals surface area contributed by atoms with Gasteiger partial charge in [-0.15, -0.1) is 0 Å². The molecule has 3 heterocycles. The normalized spacial score (nSPS) is 17.5. The van der Waals surface area contributed by atoms with Crippen LogP contribution < -0.4 is 10.6 Å². The van der Waals surface area contributed by atoms with Gasteiger partial charge in [0, 0.05) is 39.0 Å². The lowest BCUT2D eigenvalue weighted by Gasteiger charge is -2.15. The molecule has 2 amide bonds. The molecule has 2 atom stereocenters. The van der Waals surface area contributed by atoms with Gasteiger partial charge in [0.2, 0.25) is 5.91 Å². The van der Waals surface area contributed by atoms with Crippen LogP contribution in [0.4, 0.5) is 5.82 Å². The molecular weight excluding hydrogens is 360 g/mol. The molecule has 2 aromatic rings. The molecular formula is C19H26N6O3. The number of carbonyl (C=O) groups excluding carboxylic acids is 2. The van der Waals surface area contributed by atoms with Crippen molar-refractivity contribution in [1.82, 2.24) is 25.2 Å². The van der Waals surface area contributed by atoms with Crippen molar-refractivity contribution in [1.29, 1.82) is 0 Å². The van der Waals surface area contributed by atoms with E-state index in [1.807, 2.05) is 6.92 Å². The highest BCUT2D eigenvalue weighted by atomic mass is 16.5. The topological polar surface area (TPSA) is 112 Å². The highest BCUT2D eigenvalue weighted by Gasteiger charge is 2.24. The zero-order valence-corrected chi connectivity index (χ0v) is 16.2. The van der Waals surface area contributed by atoms with Crippen LogP contribution >= 0.6 is 0 Å². The molecule has 0 spiro atoms. The van der Waals surface area contributed by atoms with Gasteiger partial charge in [-0.2, -0.15) is 0 Å². The Bertz CT molecular complexity index is 864. The van der Waals surface area contributed by atoms with Gasteiger partial charge in [-0.1, -0.05) is 6.58 Å². The average molecular weight is 386 g/mol. The minimum atomic E-state index is -0.225. The van der Waals surface area contributed by atoms with Crippen molar-refractivity contribution in [3.8, 4) is 0 Å². The van der Waals surface area contributed by atoms with Crippen LogP contribution in [0.3, 0.4) is 0 Å². The lowest BCUT2D eigenvalue weighted by Crippen LogP contribution is -2.35. The largest absolute Gasteiger partial charge is 0.383 e. The zero-order valence-electron chi connectivity index (χ0n) is 16.2. The number of nitrogens with one attached hydrogen (secondary N) is 3. The van der Waals surface area contributed by atoms with E-state index in [1.54, 1.807) is 24.4 Å². The molecule has 3 N–H and O–H groups in total. The maximum absolute atomic E-state index is 12.5. The molecule has 0 aromatic carbocycles. The van der Waals surface area contributed by atoms with Crippen molar-refractivity contribution >= 4 is 28.8 Å². The Labute approximate surface area is 163 Å². The van der Waals surface area contributed by atoms with Crippen molar-refractivity contribution in [2.75, 3.05) is 38.7 Å². The van der Waals surface area contributed by atoms with E-state index in [1.165, 1.54) is 6.08 Å². The standard InChI is InChI=1S/C19H26N6O3/c1-4-16(26)25-6-5-13(10-25)7-20-15-9-22-18-17(24-15)14(8-21-18)19(27)23-12(2)11-28-3/h4,8-9,12-13H,1,5-7,10-11H2,2-3H3,(H,20,24)(H,21,22)(H,23,27)/t12-,13-/m0/s1. The first-order chi connectivity index (χ1) is 13.5. The number of methoxy groups -OCH3 is 1. The highest BCUT2D eigenvalue weighted by Crippen LogP contribution is 2.19. The van der Waals surface area contributed by atoms with Gasteiger partial charge in [0.05, 0.1) is 18.4 Å². The number of likely N-dealkylation sites (tertiary alicyclic amines) is 1. The summed E-state index contributed by atoms with van der Waals surface area (Å²) in [6, 6.07) is -0.111. The molecule has 1 aliphatic heterocycles. The number of hydrogen-bond acceptors (Lipinski definition) is 6. The van der Waals surface area contributed by atoms with Crippen LogP contribution in [0, 0.1) is 5.92 Å². The molecule has 1 fully saturated rings. The number of H-pyrrole nitrogens is 1. The van der Waals surface area contributed by atoms with Crippen LogP contribution in [-0.2, 0) is 9.53 Å². The average Bonchev–Trinajstić information content (AvgIpc) is 3.32. The number of hydrogen-bond donors (Lipinski definition) is 3. The van der Waals surface area contributed by atoms with Gasteiger partial charge in [0.25, 0.3) is 5.91 Å². The fraction of sp³-hybridized carbons (Fsp3) is 0.474. The van der Waals surface area contributed by atoms with E-state index in [9.17, 15) is 9.59 Å². The van der Waals surface area contributed by atoms with Crippen molar-refractivity contribution in [3.63, 3.8) is 0 Å². The summed E-state index contributed by atoms with van der Waals surface area (Å²) >= 11 is 0. The molecule has 0 aliphatic carbocycles. The summed E-state index contributed by atoms with van der Waals surface area (Å²) in [5.41, 5.74) is 1.51. The Morgan fingerprint density at radius 1 is 1.54 bits per heavy atom. The summed E-state index contributed by atoms with van der Waals surface area (Å²) in [5, 5.41) is 6.15. The summed E-state index contributed by atoms with van der Waals surface area (Å²) in [7, 11) is 1.59. The number of nitrogens with zero attached hydrogens (tertiary/aromatic N) is 3. The summed E-state index contributed by atoms with van der Waals surface area (Å²) in [4.78, 5) is 37.8. The van der Waals surface area contributed by atoms with E-state index >= 15 is 0 Å². The molecule has 0 saturated carbocycles. The van der Waals surface area contributed by atoms with Crippen molar-refractivity contribution in [2.45, 2.75) is 19.4 Å². The minimum absolute atomic E-state index is 0.0330. The third-order valence-electron chi connectivity index (χ3n) is 4.76. The fourth-order valence-corrected chi connectivity index (χ4v) is 3.32. The summed E-state index contributed by atoms with van der Waals surface area (Å²) in [5.74, 6) is 0.677. The van der Waals surface area contributed by atoms with Crippen LogP contribution in [0.1, 0.15) is 23.7 Å². The maximum Gasteiger partial charge on any atom is 0.255 e. The number of anilines is 1. The SMILES string of the molecule is C=CC(=O)N1CC[C@@H](CNc2cnc3[nH]cc(C(=O)N[C@@H](C)COC)c3n2)C1. The Balaban J connectivity index is 1.64. The number of aromatic amines is 1. The number of aromatic nitrogens is 3. The molecule has 0 radical (unpaired) electrons. The second-order valence-corrected chi connectivity index (χ2v) is 7.01. The van der Waals surface area contributed by atoms with E-state index in [2.05, 4.69) is 32.2 Å². The van der Waals surface area contributed by atoms with Gasteiger partial charge in [-0.3, -0.25) is 9.59 Å². The Hall–Kier alpha value is -2.94. The summed E-state index contributed by atoms with van der Waals surface area (Å²) in [6.07, 6.45) is 5.52. The second kappa shape index (κ2) is 8.83. The predicted octanol–water partition coefficient (Wildman–Crippen LogP) is 1.17. The Kier molecular flexibility index (Phi) is 6.25. The minimum Gasteiger partial charge on any atom is -0.383 e. The second-order valence-electron chi connectivity index (χ2n) is 7.01. The van der Waals surface area contributed by atoms with E-state index < -0.39 is 0 Å². The molecule has 0 unspecified atom stereocenters. The molecule has 150 valence electrons. The molecule has 0 bridgehead atoms. The van der Waals surface area contributed by atoms with Gasteiger partial charge in [-0.25, -0.2) is 9.97 Å². The van der Waals surface area contributed by atoms with E-state index in [0.717, 1.165) is 13.0 Å². The van der Waals surface area contributed by atoms with Crippen LogP contribution in [0.25, 0.3) is 11.2 Å². The zero-order chi connectivity index (χ0) is 20.1. The monoisotopic (exact) mass is 386 g/mol. The molecule has 1 saturated heterocycles. The third kappa shape index (κ3) is 4.48. The Morgan fingerprint density at radius 3 is 3.11 bits per heavy atom. The van der Waals surface area contributed by atoms with E-state index in [4.69, 9.17) is 4.74 Å². The lowest BCUT2D eigenvalue weighted by atomic mass is 10.1. The smallest absolute Gasteiger partial charge is 0.255 e. The predicted molar refractivity (Wildman–Crippen MR) is 106 cm³/mol. The van der Waals surface area contributed by atoms with Gasteiger partial charge < -0.3 is 25.3 Å². The van der Waals surface area contributed by atoms with Crippen molar-refractivity contribution < 1.29 is 14.3 Å². The number of amides is 2. The van der Waals surface area contributed by atoms with Gasteiger partial charge in [0.1, 0.15) is 11.3 Å². The fourth-order valence-electron chi connectivity index (χ4n) is 3.32. The molecule has 3 rings (SSSR count). The van der Waals surface area contributed by atoms with Crippen LogP contribution in [0.5, 0.6) is 0 Å². The van der Waals surface area contributed by atoms with Crippen LogP contribution in [0.15, 0.2) is 25.0 Å². The lowest BCUT2D eigenvalue weighted by molar-refractivity contribution is -0.125. The van der Waals surface area contributed by atoms with Gasteiger partial charge >= 0.3 is 0 Å². The number of ether oxygens (including phenoxy) is 1.